The van der Waals surface area contributed by atoms with Crippen LogP contribution in [0.15, 0.2) is 41.5 Å². The molecule has 158 valence electrons. The Morgan fingerprint density at radius 1 is 1.37 bits per heavy atom. The molecule has 1 saturated heterocycles. The van der Waals surface area contributed by atoms with Gasteiger partial charge < -0.3 is 20.3 Å². The van der Waals surface area contributed by atoms with Gasteiger partial charge in [-0.2, -0.15) is 0 Å². The number of methoxy groups -OCH3 is 1. The number of pyridine rings is 1. The van der Waals surface area contributed by atoms with E-state index in [2.05, 4.69) is 15.6 Å². The van der Waals surface area contributed by atoms with Crippen molar-refractivity contribution in [3.63, 3.8) is 0 Å². The lowest BCUT2D eigenvalue weighted by atomic mass is 9.84. The fraction of sp³-hybridized carbons (Fsp3) is 0.381. The van der Waals surface area contributed by atoms with E-state index in [0.717, 1.165) is 17.3 Å². The Morgan fingerprint density at radius 3 is 2.93 bits per heavy atom. The number of ether oxygens (including phenoxy) is 1. The first-order chi connectivity index (χ1) is 14.5. The number of likely N-dealkylation sites (tertiary alicyclic amines) is 1. The maximum Gasteiger partial charge on any atom is 0.256 e. The summed E-state index contributed by atoms with van der Waals surface area (Å²) >= 11 is 5.96. The van der Waals surface area contributed by atoms with Crippen LogP contribution in [0.25, 0.3) is 0 Å². The first kappa shape index (κ1) is 20.6. The first-order valence-electron chi connectivity index (χ1n) is 9.81. The van der Waals surface area contributed by atoms with Crippen molar-refractivity contribution in [1.82, 2.24) is 9.88 Å². The molecule has 0 bridgehead atoms. The molecule has 1 spiro atoms. The van der Waals surface area contributed by atoms with Gasteiger partial charge in [-0.1, -0.05) is 11.6 Å². The van der Waals surface area contributed by atoms with E-state index in [1.165, 1.54) is 18.2 Å². The number of nitrogens with zero attached hydrogens (tertiary/aromatic N) is 3. The molecule has 2 aromatic rings. The van der Waals surface area contributed by atoms with E-state index in [9.17, 15) is 9.18 Å². The van der Waals surface area contributed by atoms with Crippen LogP contribution < -0.4 is 10.6 Å². The molecule has 2 aliphatic rings. The van der Waals surface area contributed by atoms with Gasteiger partial charge in [-0.3, -0.25) is 9.79 Å². The summed E-state index contributed by atoms with van der Waals surface area (Å²) in [7, 11) is 1.64. The fourth-order valence-electron chi connectivity index (χ4n) is 3.88. The van der Waals surface area contributed by atoms with E-state index in [4.69, 9.17) is 21.3 Å². The topological polar surface area (TPSA) is 78.8 Å². The quantitative estimate of drug-likeness (QED) is 0.725. The number of amides is 1. The van der Waals surface area contributed by atoms with Crippen molar-refractivity contribution in [2.75, 3.05) is 44.0 Å². The minimum atomic E-state index is -0.566. The molecule has 1 amide bonds. The standard InChI is InChI=1S/C21H23ClFN5O2/c1-30-12-9-25-20-21(27-17-3-2-8-24-18(17)26-20)6-10-28(11-7-21)19(29)15-13-14(22)4-5-16(15)23/h2-5,8,13,27H,6-7,9-12H2,1H3,(H,24,25,26). The molecule has 1 fully saturated rings. The second-order valence-electron chi connectivity index (χ2n) is 7.37. The number of hydrogen-bond donors (Lipinski definition) is 2. The Hall–Kier alpha value is -2.71. The third kappa shape index (κ3) is 3.97. The molecule has 3 heterocycles. The predicted octanol–water partition coefficient (Wildman–Crippen LogP) is 3.43. The number of nitrogens with one attached hydrogen (secondary N) is 2. The van der Waals surface area contributed by atoms with Crippen molar-refractivity contribution in [3.8, 4) is 0 Å². The van der Waals surface area contributed by atoms with Gasteiger partial charge in [-0.25, -0.2) is 9.37 Å². The smallest absolute Gasteiger partial charge is 0.256 e. The van der Waals surface area contributed by atoms with Crippen LogP contribution in [0.1, 0.15) is 23.2 Å². The first-order valence-corrected chi connectivity index (χ1v) is 10.2. The highest BCUT2D eigenvalue weighted by Crippen LogP contribution is 2.36. The zero-order valence-electron chi connectivity index (χ0n) is 16.6. The number of carbonyl (C=O) groups excluding carboxylic acids is 1. The van der Waals surface area contributed by atoms with Gasteiger partial charge in [0.2, 0.25) is 0 Å². The molecular weight excluding hydrogens is 409 g/mol. The molecule has 30 heavy (non-hydrogen) atoms. The number of anilines is 2. The van der Waals surface area contributed by atoms with Gasteiger partial charge in [0.15, 0.2) is 5.82 Å². The zero-order chi connectivity index (χ0) is 21.1. The molecule has 1 aromatic heterocycles. The Bertz CT molecular complexity index is 976. The molecule has 9 heteroatoms. The number of aromatic nitrogens is 1. The second kappa shape index (κ2) is 8.57. The molecule has 7 nitrogen and oxygen atoms in total. The number of halogens is 2. The number of benzene rings is 1. The normalized spacial score (nSPS) is 18.6. The molecule has 2 N–H and O–H groups in total. The van der Waals surface area contributed by atoms with Crippen molar-refractivity contribution in [2.45, 2.75) is 18.4 Å². The number of piperidine rings is 1. The van der Waals surface area contributed by atoms with Gasteiger partial charge in [-0.05, 0) is 43.2 Å². The second-order valence-corrected chi connectivity index (χ2v) is 7.81. The Kier molecular flexibility index (Phi) is 5.87. The van der Waals surface area contributed by atoms with Crippen LogP contribution in [0.4, 0.5) is 15.9 Å². The molecule has 0 atom stereocenters. The van der Waals surface area contributed by atoms with E-state index < -0.39 is 11.4 Å². The molecule has 1 aromatic carbocycles. The van der Waals surface area contributed by atoms with Gasteiger partial charge in [0.1, 0.15) is 11.7 Å². The van der Waals surface area contributed by atoms with Crippen LogP contribution in [0.5, 0.6) is 0 Å². The molecule has 4 rings (SSSR count). The van der Waals surface area contributed by atoms with Crippen molar-refractivity contribution in [2.24, 2.45) is 4.99 Å². The van der Waals surface area contributed by atoms with Crippen molar-refractivity contribution in [1.29, 1.82) is 0 Å². The highest BCUT2D eigenvalue weighted by Gasteiger charge is 2.44. The van der Waals surface area contributed by atoms with Gasteiger partial charge in [0, 0.05) is 31.4 Å². The van der Waals surface area contributed by atoms with Crippen LogP contribution in [0.3, 0.4) is 0 Å². The van der Waals surface area contributed by atoms with Gasteiger partial charge >= 0.3 is 0 Å². The maximum atomic E-state index is 14.2. The molecule has 0 radical (unpaired) electrons. The van der Waals surface area contributed by atoms with E-state index in [-0.39, 0.29) is 11.5 Å². The average molecular weight is 432 g/mol. The van der Waals surface area contributed by atoms with E-state index in [1.54, 1.807) is 18.2 Å². The molecule has 0 unspecified atom stereocenters. The third-order valence-electron chi connectivity index (χ3n) is 5.50. The lowest BCUT2D eigenvalue weighted by molar-refractivity contribution is 0.0700. The summed E-state index contributed by atoms with van der Waals surface area (Å²) in [5, 5.41) is 7.26. The highest BCUT2D eigenvalue weighted by molar-refractivity contribution is 6.31. The fourth-order valence-corrected chi connectivity index (χ4v) is 4.05. The largest absolute Gasteiger partial charge is 0.383 e. The predicted molar refractivity (Wildman–Crippen MR) is 115 cm³/mol. The van der Waals surface area contributed by atoms with Crippen molar-refractivity contribution >= 4 is 34.8 Å². The number of carbonyl (C=O) groups is 1. The third-order valence-corrected chi connectivity index (χ3v) is 5.74. The van der Waals surface area contributed by atoms with Crippen LogP contribution in [0, 0.1) is 5.82 Å². The monoisotopic (exact) mass is 431 g/mol. The summed E-state index contributed by atoms with van der Waals surface area (Å²) in [4.78, 5) is 23.6. The summed E-state index contributed by atoms with van der Waals surface area (Å²) < 4.78 is 19.3. The van der Waals surface area contributed by atoms with Crippen molar-refractivity contribution < 1.29 is 13.9 Å². The van der Waals surface area contributed by atoms with E-state index in [0.29, 0.717) is 44.1 Å². The average Bonchev–Trinajstić information content (AvgIpc) is 2.76. The molecule has 0 saturated carbocycles. The number of aliphatic imine (C=N–C) groups is 1. The maximum absolute atomic E-state index is 14.2. The van der Waals surface area contributed by atoms with Gasteiger partial charge in [-0.15, -0.1) is 0 Å². The minimum absolute atomic E-state index is 0.00305. The Morgan fingerprint density at radius 2 is 2.17 bits per heavy atom. The summed E-state index contributed by atoms with van der Waals surface area (Å²) in [6.45, 7) is 1.94. The molecule has 0 aliphatic carbocycles. The summed E-state index contributed by atoms with van der Waals surface area (Å²) in [6.07, 6.45) is 2.96. The number of rotatable bonds is 4. The number of amidine groups is 1. The number of fused-ring (bicyclic) bond motifs is 1. The lowest BCUT2D eigenvalue weighted by Crippen LogP contribution is -2.59. The summed E-state index contributed by atoms with van der Waals surface area (Å²) in [6, 6.07) is 7.86. The van der Waals surface area contributed by atoms with Gasteiger partial charge in [0.05, 0.1) is 29.9 Å². The Balaban J connectivity index is 1.55. The summed E-state index contributed by atoms with van der Waals surface area (Å²) in [5.41, 5.74) is 0.438. The summed E-state index contributed by atoms with van der Waals surface area (Å²) in [5.74, 6) is 0.586. The van der Waals surface area contributed by atoms with Gasteiger partial charge in [0.25, 0.3) is 5.91 Å². The minimum Gasteiger partial charge on any atom is -0.383 e. The van der Waals surface area contributed by atoms with Crippen molar-refractivity contribution in [3.05, 3.63) is 52.9 Å². The molecular formula is C21H23ClFN5O2. The van der Waals surface area contributed by atoms with Crippen LogP contribution in [0.2, 0.25) is 5.02 Å². The lowest BCUT2D eigenvalue weighted by Gasteiger charge is -2.46. The highest BCUT2D eigenvalue weighted by atomic mass is 35.5. The number of hydrogen-bond acceptors (Lipinski definition) is 5. The van der Waals surface area contributed by atoms with Crippen LogP contribution in [-0.4, -0.2) is 60.5 Å². The van der Waals surface area contributed by atoms with Crippen LogP contribution in [-0.2, 0) is 4.74 Å². The Labute approximate surface area is 179 Å². The molecule has 2 aliphatic heterocycles. The van der Waals surface area contributed by atoms with Crippen LogP contribution >= 0.6 is 11.6 Å². The SMILES string of the molecule is COCCN=C1Nc2ncccc2NC12CCN(C(=O)c1cc(Cl)ccc1F)CC2. The van der Waals surface area contributed by atoms with E-state index >= 15 is 0 Å². The zero-order valence-corrected chi connectivity index (χ0v) is 17.4. The van der Waals surface area contributed by atoms with E-state index in [1.807, 2.05) is 12.1 Å².